The third-order valence-electron chi connectivity index (χ3n) is 2.81. The van der Waals surface area contributed by atoms with Gasteiger partial charge >= 0.3 is 6.18 Å². The number of rotatable bonds is 3. The van der Waals surface area contributed by atoms with Crippen LogP contribution >= 0.6 is 0 Å². The number of hydrogen-bond acceptors (Lipinski definition) is 2. The molecule has 3 nitrogen and oxygen atoms in total. The number of halogens is 3. The van der Waals surface area contributed by atoms with E-state index < -0.39 is 17.6 Å². The van der Waals surface area contributed by atoms with Crippen LogP contribution in [0, 0.1) is 12.3 Å². The Bertz CT molecular complexity index is 681. The van der Waals surface area contributed by atoms with Crippen molar-refractivity contribution in [2.45, 2.75) is 13.1 Å². The van der Waals surface area contributed by atoms with Crippen molar-refractivity contribution in [2.75, 3.05) is 0 Å². The first kappa shape index (κ1) is 14.9. The molecule has 0 radical (unpaired) electrons. The van der Waals surface area contributed by atoms with Gasteiger partial charge in [-0.1, -0.05) is 12.1 Å². The minimum atomic E-state index is -4.49. The Morgan fingerprint density at radius 2 is 1.86 bits per heavy atom. The highest BCUT2D eigenvalue weighted by Gasteiger charge is 2.31. The van der Waals surface area contributed by atoms with Crippen LogP contribution in [0.15, 0.2) is 42.5 Å². The largest absolute Gasteiger partial charge is 0.457 e. The molecule has 0 heterocycles. The van der Waals surface area contributed by atoms with Crippen LogP contribution in [0.5, 0.6) is 11.5 Å². The zero-order valence-electron chi connectivity index (χ0n) is 11.2. The Hall–Kier alpha value is -2.50. The second-order valence-electron chi connectivity index (χ2n) is 4.54. The second kappa shape index (κ2) is 5.47. The van der Waals surface area contributed by atoms with Gasteiger partial charge in [-0.05, 0) is 42.8 Å². The zero-order valence-corrected chi connectivity index (χ0v) is 11.2. The van der Waals surface area contributed by atoms with E-state index in [0.29, 0.717) is 5.75 Å². The van der Waals surface area contributed by atoms with Gasteiger partial charge in [0.2, 0.25) is 0 Å². The molecule has 0 unspecified atom stereocenters. The molecular formula is C15H13F3N2O. The minimum absolute atomic E-state index is 0.0914. The molecule has 110 valence electrons. The molecular weight excluding hydrogens is 281 g/mol. The van der Waals surface area contributed by atoms with Crippen LogP contribution in [0.3, 0.4) is 0 Å². The van der Waals surface area contributed by atoms with Crippen LogP contribution in [-0.4, -0.2) is 5.84 Å². The summed E-state index contributed by atoms with van der Waals surface area (Å²) >= 11 is 0. The van der Waals surface area contributed by atoms with E-state index in [2.05, 4.69) is 0 Å². The maximum absolute atomic E-state index is 12.7. The Morgan fingerprint density at radius 1 is 1.14 bits per heavy atom. The molecule has 0 aliphatic rings. The molecule has 2 aromatic carbocycles. The summed E-state index contributed by atoms with van der Waals surface area (Å²) in [5.74, 6) is 0.0992. The third-order valence-corrected chi connectivity index (χ3v) is 2.81. The average molecular weight is 294 g/mol. The van der Waals surface area contributed by atoms with Gasteiger partial charge in [0.25, 0.3) is 0 Å². The first-order valence-electron chi connectivity index (χ1n) is 6.07. The number of hydrogen-bond donors (Lipinski definition) is 2. The van der Waals surface area contributed by atoms with Gasteiger partial charge < -0.3 is 10.5 Å². The number of nitrogen functional groups attached to an aromatic ring is 1. The summed E-state index contributed by atoms with van der Waals surface area (Å²) in [6, 6.07) is 9.93. The van der Waals surface area contributed by atoms with Crippen LogP contribution in [0.1, 0.15) is 16.7 Å². The molecule has 0 aliphatic heterocycles. The molecule has 6 heteroatoms. The number of alkyl halides is 3. The molecule has 0 atom stereocenters. The highest BCUT2D eigenvalue weighted by atomic mass is 19.4. The predicted molar refractivity (Wildman–Crippen MR) is 73.7 cm³/mol. The average Bonchev–Trinajstić information content (AvgIpc) is 2.37. The predicted octanol–water partition coefficient (Wildman–Crippen LogP) is 4.09. The Kier molecular flexibility index (Phi) is 3.88. The van der Waals surface area contributed by atoms with Gasteiger partial charge in [-0.2, -0.15) is 13.2 Å². The van der Waals surface area contributed by atoms with Crippen molar-refractivity contribution in [2.24, 2.45) is 5.73 Å². The molecule has 0 aliphatic carbocycles. The van der Waals surface area contributed by atoms with Crippen LogP contribution in [0.4, 0.5) is 13.2 Å². The summed E-state index contributed by atoms with van der Waals surface area (Å²) in [7, 11) is 0. The Labute approximate surface area is 119 Å². The van der Waals surface area contributed by atoms with Gasteiger partial charge in [0.1, 0.15) is 17.3 Å². The fourth-order valence-electron chi connectivity index (χ4n) is 1.81. The maximum Gasteiger partial charge on any atom is 0.416 e. The van der Waals surface area contributed by atoms with E-state index >= 15 is 0 Å². The number of aryl methyl sites for hydroxylation is 1. The van der Waals surface area contributed by atoms with E-state index in [4.69, 9.17) is 15.9 Å². The van der Waals surface area contributed by atoms with Crippen molar-refractivity contribution in [1.29, 1.82) is 5.41 Å². The van der Waals surface area contributed by atoms with E-state index in [1.54, 1.807) is 18.2 Å². The normalized spacial score (nSPS) is 11.2. The molecule has 0 fully saturated rings. The molecule has 2 rings (SSSR count). The Balaban J connectivity index is 2.42. The molecule has 21 heavy (non-hydrogen) atoms. The summed E-state index contributed by atoms with van der Waals surface area (Å²) in [6.45, 7) is 1.87. The van der Waals surface area contributed by atoms with Gasteiger partial charge in [-0.3, -0.25) is 5.41 Å². The number of amidine groups is 1. The molecule has 0 amide bonds. The number of nitrogens with one attached hydrogen (secondary N) is 1. The zero-order chi connectivity index (χ0) is 15.6. The molecule has 0 saturated heterocycles. The van der Waals surface area contributed by atoms with Gasteiger partial charge in [0.15, 0.2) is 0 Å². The standard InChI is InChI=1S/C15H13F3N2O/c1-9-3-2-4-11(7-9)21-13-6-5-10(15(16,17)18)8-12(13)14(19)20/h2-8H,1H3,(H3,19,20). The quantitative estimate of drug-likeness (QED) is 0.661. The van der Waals surface area contributed by atoms with Crippen molar-refractivity contribution in [1.82, 2.24) is 0 Å². The van der Waals surface area contributed by atoms with Crippen LogP contribution in [0.2, 0.25) is 0 Å². The Morgan fingerprint density at radius 3 is 2.43 bits per heavy atom. The van der Waals surface area contributed by atoms with Crippen molar-refractivity contribution in [3.05, 3.63) is 59.2 Å². The lowest BCUT2D eigenvalue weighted by atomic mass is 10.1. The third kappa shape index (κ3) is 3.53. The number of ether oxygens (including phenoxy) is 1. The van der Waals surface area contributed by atoms with Gasteiger partial charge in [-0.15, -0.1) is 0 Å². The molecule has 0 bridgehead atoms. The lowest BCUT2D eigenvalue weighted by Gasteiger charge is -2.13. The lowest BCUT2D eigenvalue weighted by Crippen LogP contribution is -2.15. The summed E-state index contributed by atoms with van der Waals surface area (Å²) in [4.78, 5) is 0. The lowest BCUT2D eigenvalue weighted by molar-refractivity contribution is -0.137. The van der Waals surface area contributed by atoms with Crippen LogP contribution in [-0.2, 0) is 6.18 Å². The fourth-order valence-corrected chi connectivity index (χ4v) is 1.81. The van der Waals surface area contributed by atoms with Gasteiger partial charge in [0, 0.05) is 0 Å². The van der Waals surface area contributed by atoms with Crippen molar-refractivity contribution >= 4 is 5.84 Å². The van der Waals surface area contributed by atoms with Crippen molar-refractivity contribution in [3.63, 3.8) is 0 Å². The minimum Gasteiger partial charge on any atom is -0.457 e. The highest BCUT2D eigenvalue weighted by molar-refractivity contribution is 5.98. The molecule has 3 N–H and O–H groups in total. The van der Waals surface area contributed by atoms with Gasteiger partial charge in [-0.25, -0.2) is 0 Å². The van der Waals surface area contributed by atoms with E-state index in [-0.39, 0.29) is 11.3 Å². The first-order valence-corrected chi connectivity index (χ1v) is 6.07. The topological polar surface area (TPSA) is 59.1 Å². The van der Waals surface area contributed by atoms with E-state index in [1.165, 1.54) is 6.07 Å². The summed E-state index contributed by atoms with van der Waals surface area (Å²) in [5.41, 5.74) is 5.33. The van der Waals surface area contributed by atoms with Crippen molar-refractivity contribution < 1.29 is 17.9 Å². The monoisotopic (exact) mass is 294 g/mol. The molecule has 0 spiro atoms. The van der Waals surface area contributed by atoms with E-state index in [0.717, 1.165) is 17.7 Å². The second-order valence-corrected chi connectivity index (χ2v) is 4.54. The van der Waals surface area contributed by atoms with E-state index in [9.17, 15) is 13.2 Å². The van der Waals surface area contributed by atoms with Crippen molar-refractivity contribution in [3.8, 4) is 11.5 Å². The van der Waals surface area contributed by atoms with E-state index in [1.807, 2.05) is 13.0 Å². The van der Waals surface area contributed by atoms with Crippen LogP contribution < -0.4 is 10.5 Å². The van der Waals surface area contributed by atoms with Gasteiger partial charge in [0.05, 0.1) is 11.1 Å². The molecule has 0 aromatic heterocycles. The molecule has 0 saturated carbocycles. The number of nitrogens with two attached hydrogens (primary N) is 1. The fraction of sp³-hybridized carbons (Fsp3) is 0.133. The summed E-state index contributed by atoms with van der Waals surface area (Å²) in [6.07, 6.45) is -4.49. The summed E-state index contributed by atoms with van der Waals surface area (Å²) in [5, 5.41) is 7.42. The first-order chi connectivity index (χ1) is 9.77. The maximum atomic E-state index is 12.7. The molecule has 2 aromatic rings. The smallest absolute Gasteiger partial charge is 0.416 e. The summed E-state index contributed by atoms with van der Waals surface area (Å²) < 4.78 is 43.6. The SMILES string of the molecule is Cc1cccc(Oc2ccc(C(F)(F)F)cc2C(=N)N)c1. The highest BCUT2D eigenvalue weighted by Crippen LogP contribution is 2.34. The number of benzene rings is 2. The van der Waals surface area contributed by atoms with Crippen LogP contribution in [0.25, 0.3) is 0 Å².